The van der Waals surface area contributed by atoms with E-state index in [4.69, 9.17) is 5.73 Å². The number of aromatic amines is 1. The second-order valence-corrected chi connectivity index (χ2v) is 5.61. The average molecular weight is 319 g/mol. The number of hydrogen-bond acceptors (Lipinski definition) is 2. The van der Waals surface area contributed by atoms with Crippen LogP contribution in [0, 0.1) is 0 Å². The highest BCUT2D eigenvalue weighted by molar-refractivity contribution is 6.09. The van der Waals surface area contributed by atoms with Gasteiger partial charge in [0.2, 0.25) is 0 Å². The zero-order valence-corrected chi connectivity index (χ0v) is 13.2. The molecule has 2 aromatic carbocycles. The van der Waals surface area contributed by atoms with E-state index in [0.29, 0.717) is 22.3 Å². The molecule has 0 saturated carbocycles. The number of nitrogens with two attached hydrogens (primary N) is 1. The van der Waals surface area contributed by atoms with Crippen molar-refractivity contribution in [3.63, 3.8) is 0 Å². The summed E-state index contributed by atoms with van der Waals surface area (Å²) in [5.74, 6) is -0.695. The van der Waals surface area contributed by atoms with Gasteiger partial charge >= 0.3 is 0 Å². The van der Waals surface area contributed by atoms with Gasteiger partial charge in [-0.05, 0) is 42.3 Å². The fraction of sp³-hybridized carbons (Fsp3) is 0.0526. The first-order valence-corrected chi connectivity index (χ1v) is 7.44. The number of amides is 2. The van der Waals surface area contributed by atoms with E-state index < -0.39 is 5.91 Å². The molecular formula is C19H17N3O2. The Balaban J connectivity index is 2.07. The van der Waals surface area contributed by atoms with Crippen molar-refractivity contribution in [2.75, 3.05) is 5.32 Å². The minimum absolute atomic E-state index is 0.219. The van der Waals surface area contributed by atoms with Gasteiger partial charge in [0.1, 0.15) is 0 Å². The Morgan fingerprint density at radius 1 is 1.17 bits per heavy atom. The molecule has 0 bridgehead atoms. The average Bonchev–Trinajstić information content (AvgIpc) is 3.03. The molecule has 120 valence electrons. The van der Waals surface area contributed by atoms with Crippen LogP contribution < -0.4 is 11.1 Å². The predicted octanol–water partition coefficient (Wildman–Crippen LogP) is 3.45. The third-order valence-electron chi connectivity index (χ3n) is 3.81. The standard InChI is InChI=1S/C19H17N3O2/c1-11(2)19(24)22-13-5-3-4-12(10-13)14-6-7-16(18(20)23)17-15(14)8-9-21-17/h3-10,21H,1H2,2H3,(H2,20,23)(H,22,24). The Labute approximate surface area is 139 Å². The van der Waals surface area contributed by atoms with E-state index in [1.165, 1.54) is 0 Å². The first-order valence-electron chi connectivity index (χ1n) is 7.44. The van der Waals surface area contributed by atoms with Crippen molar-refractivity contribution in [3.8, 4) is 11.1 Å². The summed E-state index contributed by atoms with van der Waals surface area (Å²) in [7, 11) is 0. The van der Waals surface area contributed by atoms with Crippen molar-refractivity contribution in [1.29, 1.82) is 0 Å². The highest BCUT2D eigenvalue weighted by Gasteiger charge is 2.12. The molecule has 0 unspecified atom stereocenters. The fourth-order valence-electron chi connectivity index (χ4n) is 2.62. The Bertz CT molecular complexity index is 970. The lowest BCUT2D eigenvalue weighted by molar-refractivity contribution is -0.112. The molecule has 1 aromatic heterocycles. The van der Waals surface area contributed by atoms with Crippen molar-refractivity contribution in [3.05, 3.63) is 66.4 Å². The highest BCUT2D eigenvalue weighted by atomic mass is 16.2. The van der Waals surface area contributed by atoms with E-state index >= 15 is 0 Å². The summed E-state index contributed by atoms with van der Waals surface area (Å²) in [6.07, 6.45) is 1.77. The van der Waals surface area contributed by atoms with Crippen LogP contribution in [-0.2, 0) is 4.79 Å². The lowest BCUT2D eigenvalue weighted by Crippen LogP contribution is -2.12. The van der Waals surface area contributed by atoms with Gasteiger partial charge < -0.3 is 16.0 Å². The maximum absolute atomic E-state index is 11.8. The zero-order valence-electron chi connectivity index (χ0n) is 13.2. The first-order chi connectivity index (χ1) is 11.5. The van der Waals surface area contributed by atoms with Gasteiger partial charge in [-0.2, -0.15) is 0 Å². The van der Waals surface area contributed by atoms with Crippen molar-refractivity contribution in [1.82, 2.24) is 4.98 Å². The Hall–Kier alpha value is -3.34. The van der Waals surface area contributed by atoms with E-state index in [-0.39, 0.29) is 5.91 Å². The van der Waals surface area contributed by atoms with E-state index in [9.17, 15) is 9.59 Å². The molecule has 3 aromatic rings. The van der Waals surface area contributed by atoms with Crippen molar-refractivity contribution >= 4 is 28.4 Å². The van der Waals surface area contributed by atoms with Crippen LogP contribution in [0.4, 0.5) is 5.69 Å². The molecule has 24 heavy (non-hydrogen) atoms. The molecule has 0 aliphatic carbocycles. The lowest BCUT2D eigenvalue weighted by Gasteiger charge is -2.10. The molecule has 5 nitrogen and oxygen atoms in total. The number of nitrogens with one attached hydrogen (secondary N) is 2. The second-order valence-electron chi connectivity index (χ2n) is 5.61. The number of carbonyl (C=O) groups excluding carboxylic acids is 2. The van der Waals surface area contributed by atoms with Crippen LogP contribution >= 0.6 is 0 Å². The SMILES string of the molecule is C=C(C)C(=O)Nc1cccc(-c2ccc(C(N)=O)c3[nH]ccc23)c1. The minimum atomic E-state index is -0.475. The first kappa shape index (κ1) is 15.6. The molecule has 0 spiro atoms. The molecule has 0 aliphatic rings. The summed E-state index contributed by atoms with van der Waals surface area (Å²) in [5.41, 5.74) is 9.58. The summed E-state index contributed by atoms with van der Waals surface area (Å²) in [6.45, 7) is 5.29. The van der Waals surface area contributed by atoms with Crippen LogP contribution in [0.1, 0.15) is 17.3 Å². The molecule has 5 heteroatoms. The molecule has 1 heterocycles. The van der Waals surface area contributed by atoms with E-state index in [1.54, 1.807) is 19.2 Å². The zero-order chi connectivity index (χ0) is 17.3. The normalized spacial score (nSPS) is 10.5. The number of hydrogen-bond donors (Lipinski definition) is 3. The topological polar surface area (TPSA) is 88.0 Å². The number of benzene rings is 2. The van der Waals surface area contributed by atoms with Gasteiger partial charge in [0.05, 0.1) is 11.1 Å². The van der Waals surface area contributed by atoms with Crippen LogP contribution in [-0.4, -0.2) is 16.8 Å². The summed E-state index contributed by atoms with van der Waals surface area (Å²) < 4.78 is 0. The van der Waals surface area contributed by atoms with E-state index in [1.807, 2.05) is 36.4 Å². The third-order valence-corrected chi connectivity index (χ3v) is 3.81. The van der Waals surface area contributed by atoms with E-state index in [2.05, 4.69) is 16.9 Å². The van der Waals surface area contributed by atoms with Crippen LogP contribution in [0.15, 0.2) is 60.8 Å². The highest BCUT2D eigenvalue weighted by Crippen LogP contribution is 2.31. The Kier molecular flexibility index (Phi) is 3.92. The van der Waals surface area contributed by atoms with Crippen molar-refractivity contribution in [2.24, 2.45) is 5.73 Å². The molecule has 0 atom stereocenters. The van der Waals surface area contributed by atoms with Crippen LogP contribution in [0.25, 0.3) is 22.0 Å². The van der Waals surface area contributed by atoms with Gasteiger partial charge in [0.15, 0.2) is 0 Å². The maximum atomic E-state index is 11.8. The Morgan fingerprint density at radius 2 is 1.96 bits per heavy atom. The second kappa shape index (κ2) is 6.04. The largest absolute Gasteiger partial charge is 0.366 e. The molecule has 4 N–H and O–H groups in total. The number of H-pyrrole nitrogens is 1. The molecule has 0 fully saturated rings. The van der Waals surface area contributed by atoms with Gasteiger partial charge in [-0.15, -0.1) is 0 Å². The Morgan fingerprint density at radius 3 is 2.67 bits per heavy atom. The number of rotatable bonds is 4. The summed E-state index contributed by atoms with van der Waals surface area (Å²) in [5, 5.41) is 3.70. The van der Waals surface area contributed by atoms with Gasteiger partial charge in [-0.1, -0.05) is 24.8 Å². The quantitative estimate of drug-likeness (QED) is 0.643. The van der Waals surface area contributed by atoms with Crippen molar-refractivity contribution < 1.29 is 9.59 Å². The summed E-state index contributed by atoms with van der Waals surface area (Å²) in [6, 6.07) is 13.0. The molecule has 0 saturated heterocycles. The molecule has 2 amide bonds. The number of primary amides is 1. The monoisotopic (exact) mass is 319 g/mol. The number of carbonyl (C=O) groups is 2. The third kappa shape index (κ3) is 2.79. The molecular weight excluding hydrogens is 302 g/mol. The summed E-state index contributed by atoms with van der Waals surface area (Å²) >= 11 is 0. The minimum Gasteiger partial charge on any atom is -0.366 e. The lowest BCUT2D eigenvalue weighted by atomic mass is 9.98. The molecule has 3 rings (SSSR count). The van der Waals surface area contributed by atoms with Crippen LogP contribution in [0.5, 0.6) is 0 Å². The maximum Gasteiger partial charge on any atom is 0.250 e. The number of aromatic nitrogens is 1. The van der Waals surface area contributed by atoms with Gasteiger partial charge in [-0.25, -0.2) is 0 Å². The number of anilines is 1. The van der Waals surface area contributed by atoms with Crippen molar-refractivity contribution in [2.45, 2.75) is 6.92 Å². The van der Waals surface area contributed by atoms with Gasteiger partial charge in [-0.3, -0.25) is 9.59 Å². The van der Waals surface area contributed by atoms with Gasteiger partial charge in [0.25, 0.3) is 11.8 Å². The van der Waals surface area contributed by atoms with Crippen LogP contribution in [0.3, 0.4) is 0 Å². The molecule has 0 radical (unpaired) electrons. The summed E-state index contributed by atoms with van der Waals surface area (Å²) in [4.78, 5) is 26.4. The fourth-order valence-corrected chi connectivity index (χ4v) is 2.62. The van der Waals surface area contributed by atoms with Crippen LogP contribution in [0.2, 0.25) is 0 Å². The van der Waals surface area contributed by atoms with E-state index in [0.717, 1.165) is 16.5 Å². The smallest absolute Gasteiger partial charge is 0.250 e. The molecule has 0 aliphatic heterocycles. The predicted molar refractivity (Wildman–Crippen MR) is 95.7 cm³/mol. The number of fused-ring (bicyclic) bond motifs is 1. The van der Waals surface area contributed by atoms with Gasteiger partial charge in [0, 0.05) is 22.8 Å².